The Bertz CT molecular complexity index is 379. The van der Waals surface area contributed by atoms with Gasteiger partial charge >= 0.3 is 0 Å². The lowest BCUT2D eigenvalue weighted by Gasteiger charge is -2.15. The fraction of sp³-hybridized carbons (Fsp3) is 0.692. The molecule has 4 heteroatoms. The van der Waals surface area contributed by atoms with Gasteiger partial charge in [-0.15, -0.1) is 0 Å². The van der Waals surface area contributed by atoms with E-state index >= 15 is 0 Å². The number of hydrogen-bond acceptors (Lipinski definition) is 3. The summed E-state index contributed by atoms with van der Waals surface area (Å²) in [6, 6.07) is 0.159. The van der Waals surface area contributed by atoms with Crippen LogP contribution in [-0.4, -0.2) is 22.7 Å². The Hall–Kier alpha value is -1.32. The lowest BCUT2D eigenvalue weighted by molar-refractivity contribution is 0.0897. The molecule has 1 aromatic heterocycles. The summed E-state index contributed by atoms with van der Waals surface area (Å²) in [5.41, 5.74) is 0.608. The number of Topliss-reactive ketones (excluding diaryl/α,β-unsaturated/α-hetero) is 1. The van der Waals surface area contributed by atoms with Crippen molar-refractivity contribution in [3.05, 3.63) is 11.9 Å². The molecule has 96 valence electrons. The Morgan fingerprint density at radius 1 is 1.41 bits per heavy atom. The first kappa shape index (κ1) is 13.7. The zero-order chi connectivity index (χ0) is 13.0. The zero-order valence-corrected chi connectivity index (χ0v) is 11.4. The van der Waals surface area contributed by atoms with Crippen molar-refractivity contribution in [2.45, 2.75) is 46.6 Å². The van der Waals surface area contributed by atoms with E-state index in [0.29, 0.717) is 11.4 Å². The molecular weight excluding hydrogens is 216 g/mol. The Kier molecular flexibility index (Phi) is 4.73. The number of methoxy groups -OCH3 is 1. The van der Waals surface area contributed by atoms with Gasteiger partial charge < -0.3 is 4.74 Å². The van der Waals surface area contributed by atoms with Crippen LogP contribution in [0.25, 0.3) is 0 Å². The number of ether oxygens (including phenoxy) is 1. The maximum absolute atomic E-state index is 12.4. The number of carbonyl (C=O) groups excluding carboxylic acids is 1. The summed E-state index contributed by atoms with van der Waals surface area (Å²) >= 11 is 0. The third-order valence-electron chi connectivity index (χ3n) is 3.06. The molecule has 0 saturated heterocycles. The van der Waals surface area contributed by atoms with E-state index in [9.17, 15) is 4.79 Å². The molecule has 1 rings (SSSR count). The van der Waals surface area contributed by atoms with Gasteiger partial charge in [0, 0.05) is 12.0 Å². The van der Waals surface area contributed by atoms with E-state index in [4.69, 9.17) is 4.74 Å². The average Bonchev–Trinajstić information content (AvgIpc) is 2.73. The van der Waals surface area contributed by atoms with Gasteiger partial charge in [0.05, 0.1) is 13.3 Å². The summed E-state index contributed by atoms with van der Waals surface area (Å²) in [6.45, 7) is 8.09. The maximum Gasteiger partial charge on any atom is 0.187 e. The van der Waals surface area contributed by atoms with E-state index < -0.39 is 0 Å². The van der Waals surface area contributed by atoms with Crippen molar-refractivity contribution in [1.82, 2.24) is 9.78 Å². The number of carbonyl (C=O) groups is 1. The smallest absolute Gasteiger partial charge is 0.187 e. The van der Waals surface area contributed by atoms with Crippen LogP contribution >= 0.6 is 0 Å². The summed E-state index contributed by atoms with van der Waals surface area (Å²) in [5, 5.41) is 4.23. The van der Waals surface area contributed by atoms with Gasteiger partial charge in [0.25, 0.3) is 0 Å². The normalized spacial score (nSPS) is 11.2. The maximum atomic E-state index is 12.4. The second-order valence-corrected chi connectivity index (χ2v) is 4.48. The predicted molar refractivity (Wildman–Crippen MR) is 67.6 cm³/mol. The van der Waals surface area contributed by atoms with E-state index in [1.807, 2.05) is 27.7 Å². The van der Waals surface area contributed by atoms with Crippen LogP contribution in [0.15, 0.2) is 6.20 Å². The lowest BCUT2D eigenvalue weighted by Crippen LogP contribution is -2.20. The predicted octanol–water partition coefficient (Wildman–Crippen LogP) is 3.09. The SMILES string of the molecule is CCC(CC)C(=O)c1c(OC)cnn1C(C)C. The number of aromatic nitrogens is 2. The van der Waals surface area contributed by atoms with Crippen molar-refractivity contribution in [2.75, 3.05) is 7.11 Å². The molecule has 0 fully saturated rings. The van der Waals surface area contributed by atoms with Crippen LogP contribution in [0.4, 0.5) is 0 Å². The largest absolute Gasteiger partial charge is 0.493 e. The van der Waals surface area contributed by atoms with Crippen molar-refractivity contribution < 1.29 is 9.53 Å². The van der Waals surface area contributed by atoms with E-state index in [-0.39, 0.29) is 17.7 Å². The molecule has 0 radical (unpaired) electrons. The second-order valence-electron chi connectivity index (χ2n) is 4.48. The molecule has 0 bridgehead atoms. The van der Waals surface area contributed by atoms with E-state index in [1.165, 1.54) is 0 Å². The van der Waals surface area contributed by atoms with E-state index in [0.717, 1.165) is 12.8 Å². The average molecular weight is 238 g/mol. The molecule has 0 aliphatic carbocycles. The number of hydrogen-bond donors (Lipinski definition) is 0. The Morgan fingerprint density at radius 3 is 2.41 bits per heavy atom. The summed E-state index contributed by atoms with van der Waals surface area (Å²) in [4.78, 5) is 12.4. The summed E-state index contributed by atoms with van der Waals surface area (Å²) in [7, 11) is 1.57. The number of nitrogens with zero attached hydrogens (tertiary/aromatic N) is 2. The second kappa shape index (κ2) is 5.84. The first-order valence-electron chi connectivity index (χ1n) is 6.22. The molecular formula is C13H22N2O2. The minimum absolute atomic E-state index is 0.0538. The molecule has 1 aromatic rings. The Labute approximate surface area is 103 Å². The quantitative estimate of drug-likeness (QED) is 0.715. The Balaban J connectivity index is 3.17. The van der Waals surface area contributed by atoms with Crippen molar-refractivity contribution in [2.24, 2.45) is 5.92 Å². The third kappa shape index (κ3) is 2.68. The molecule has 0 atom stereocenters. The van der Waals surface area contributed by atoms with Gasteiger partial charge in [-0.2, -0.15) is 5.10 Å². The van der Waals surface area contributed by atoms with Crippen LogP contribution in [0.1, 0.15) is 57.1 Å². The van der Waals surface area contributed by atoms with Crippen LogP contribution < -0.4 is 4.74 Å². The van der Waals surface area contributed by atoms with Crippen LogP contribution in [0, 0.1) is 5.92 Å². The van der Waals surface area contributed by atoms with Gasteiger partial charge in [0.2, 0.25) is 0 Å². The minimum Gasteiger partial charge on any atom is -0.493 e. The fourth-order valence-corrected chi connectivity index (χ4v) is 1.97. The van der Waals surface area contributed by atoms with Crippen LogP contribution in [0.5, 0.6) is 5.75 Å². The van der Waals surface area contributed by atoms with Gasteiger partial charge in [-0.25, -0.2) is 0 Å². The van der Waals surface area contributed by atoms with Crippen molar-refractivity contribution in [3.63, 3.8) is 0 Å². The molecule has 0 saturated carbocycles. The van der Waals surface area contributed by atoms with Gasteiger partial charge in [-0.05, 0) is 26.7 Å². The first-order chi connectivity index (χ1) is 8.06. The highest BCUT2D eigenvalue weighted by molar-refractivity contribution is 5.98. The highest BCUT2D eigenvalue weighted by atomic mass is 16.5. The van der Waals surface area contributed by atoms with Gasteiger partial charge in [-0.1, -0.05) is 13.8 Å². The van der Waals surface area contributed by atoms with Crippen LogP contribution in [0.2, 0.25) is 0 Å². The monoisotopic (exact) mass is 238 g/mol. The summed E-state index contributed by atoms with van der Waals surface area (Å²) in [5.74, 6) is 0.770. The molecule has 4 nitrogen and oxygen atoms in total. The molecule has 0 spiro atoms. The molecule has 0 aliphatic rings. The molecule has 0 aromatic carbocycles. The zero-order valence-electron chi connectivity index (χ0n) is 11.4. The number of rotatable bonds is 6. The number of ketones is 1. The van der Waals surface area contributed by atoms with Crippen LogP contribution in [-0.2, 0) is 0 Å². The van der Waals surface area contributed by atoms with Crippen molar-refractivity contribution >= 4 is 5.78 Å². The molecule has 1 heterocycles. The fourth-order valence-electron chi connectivity index (χ4n) is 1.97. The summed E-state index contributed by atoms with van der Waals surface area (Å²) in [6.07, 6.45) is 3.32. The molecule has 0 unspecified atom stereocenters. The van der Waals surface area contributed by atoms with E-state index in [1.54, 1.807) is 18.0 Å². The van der Waals surface area contributed by atoms with Crippen LogP contribution in [0.3, 0.4) is 0 Å². The molecule has 17 heavy (non-hydrogen) atoms. The highest BCUT2D eigenvalue weighted by Gasteiger charge is 2.25. The topological polar surface area (TPSA) is 44.1 Å². The van der Waals surface area contributed by atoms with Crippen molar-refractivity contribution in [3.8, 4) is 5.75 Å². The minimum atomic E-state index is 0.0538. The van der Waals surface area contributed by atoms with Gasteiger partial charge in [0.1, 0.15) is 5.69 Å². The van der Waals surface area contributed by atoms with Gasteiger partial charge in [0.15, 0.2) is 11.5 Å². The van der Waals surface area contributed by atoms with E-state index in [2.05, 4.69) is 5.10 Å². The first-order valence-corrected chi connectivity index (χ1v) is 6.22. The lowest BCUT2D eigenvalue weighted by atomic mass is 9.95. The standard InChI is InChI=1S/C13H22N2O2/c1-6-10(7-2)13(16)12-11(17-5)8-14-15(12)9(3)4/h8-10H,6-7H2,1-5H3. The molecule has 0 amide bonds. The Morgan fingerprint density at radius 2 is 2.00 bits per heavy atom. The van der Waals surface area contributed by atoms with Gasteiger partial charge in [-0.3, -0.25) is 9.48 Å². The molecule has 0 N–H and O–H groups in total. The molecule has 0 aliphatic heterocycles. The highest BCUT2D eigenvalue weighted by Crippen LogP contribution is 2.26. The van der Waals surface area contributed by atoms with Crippen molar-refractivity contribution in [1.29, 1.82) is 0 Å². The summed E-state index contributed by atoms with van der Waals surface area (Å²) < 4.78 is 6.98. The third-order valence-corrected chi connectivity index (χ3v) is 3.06.